The van der Waals surface area contributed by atoms with E-state index in [1.807, 2.05) is 6.07 Å². The second kappa shape index (κ2) is 11.1. The van der Waals surface area contributed by atoms with E-state index in [1.165, 1.54) is 18.2 Å². The molecule has 0 heterocycles. The van der Waals surface area contributed by atoms with Gasteiger partial charge in [-0.3, -0.25) is 0 Å². The third-order valence-corrected chi connectivity index (χ3v) is 9.58. The van der Waals surface area contributed by atoms with Gasteiger partial charge in [0.2, 0.25) is 11.6 Å². The number of hydrogen-bond acceptors (Lipinski definition) is 5. The Kier molecular flexibility index (Phi) is 7.45. The summed E-state index contributed by atoms with van der Waals surface area (Å²) in [5.74, 6) is -5.06. The highest BCUT2D eigenvalue weighted by Gasteiger charge is 2.53. The quantitative estimate of drug-likeness (QED) is 0.140. The molecule has 0 spiro atoms. The predicted molar refractivity (Wildman–Crippen MR) is 151 cm³/mol. The van der Waals surface area contributed by atoms with Gasteiger partial charge < -0.3 is 14.6 Å². The van der Waals surface area contributed by atoms with Gasteiger partial charge in [-0.15, -0.1) is 0 Å². The smallest absolute Gasteiger partial charge is 0.203 e. The number of benzene rings is 3. The lowest BCUT2D eigenvalue weighted by Gasteiger charge is -2.49. The average Bonchev–Trinajstić information content (AvgIpc) is 3.32. The summed E-state index contributed by atoms with van der Waals surface area (Å²) in [4.78, 5) is 0. The summed E-state index contributed by atoms with van der Waals surface area (Å²) < 4.78 is 65.8. The number of halogens is 4. The molecule has 4 atom stereocenters. The highest BCUT2D eigenvalue weighted by molar-refractivity contribution is 5.93. The van der Waals surface area contributed by atoms with Crippen LogP contribution in [-0.2, 0) is 13.0 Å². The molecule has 0 saturated heterocycles. The van der Waals surface area contributed by atoms with E-state index in [0.29, 0.717) is 40.4 Å². The Morgan fingerprint density at radius 2 is 1.76 bits per heavy atom. The Labute approximate surface area is 241 Å². The minimum Gasteiger partial charge on any atom is -0.508 e. The van der Waals surface area contributed by atoms with Crippen molar-refractivity contribution < 1.29 is 32.1 Å². The standard InChI is InChI=1S/C33H32F4N2O3/c1-33-12-11-23-22-7-5-21(40)14-19(22)4-6-24(23)25(33)8-10-29(33)39-38-16-18-3-9-28(41-2)20(13-18)17-42-32-30(36)26(34)15-27(35)31(32)37/h3,5,7,9,13-16,23-25,40H,4,6,8,10-12,17H2,1-2H3/t23-,24+,25+,33-/m0/s1. The molecule has 2 fully saturated rings. The van der Waals surface area contributed by atoms with Crippen molar-refractivity contribution in [3.8, 4) is 17.2 Å². The molecular weight excluding hydrogens is 548 g/mol. The first-order chi connectivity index (χ1) is 20.2. The van der Waals surface area contributed by atoms with Gasteiger partial charge >= 0.3 is 0 Å². The van der Waals surface area contributed by atoms with Crippen molar-refractivity contribution >= 4 is 11.9 Å². The zero-order valence-electron chi connectivity index (χ0n) is 23.5. The molecule has 3 aliphatic rings. The fraction of sp³-hybridized carbons (Fsp3) is 0.394. The number of ether oxygens (including phenoxy) is 2. The van der Waals surface area contributed by atoms with E-state index in [4.69, 9.17) is 9.47 Å². The number of phenols is 1. The lowest BCUT2D eigenvalue weighted by atomic mass is 9.55. The normalized spacial score (nSPS) is 25.8. The van der Waals surface area contributed by atoms with Crippen molar-refractivity contribution in [2.45, 2.75) is 58.0 Å². The van der Waals surface area contributed by atoms with Crippen LogP contribution in [0.4, 0.5) is 17.6 Å². The van der Waals surface area contributed by atoms with Gasteiger partial charge in [0.05, 0.1) is 13.3 Å². The van der Waals surface area contributed by atoms with Gasteiger partial charge in [0.25, 0.3) is 0 Å². The monoisotopic (exact) mass is 580 g/mol. The van der Waals surface area contributed by atoms with Crippen molar-refractivity contribution in [2.24, 2.45) is 27.5 Å². The highest BCUT2D eigenvalue weighted by atomic mass is 19.2. The van der Waals surface area contributed by atoms with Crippen LogP contribution in [0.2, 0.25) is 0 Å². The Balaban J connectivity index is 1.18. The first-order valence-electron chi connectivity index (χ1n) is 14.2. The second-order valence-corrected chi connectivity index (χ2v) is 11.7. The van der Waals surface area contributed by atoms with Gasteiger partial charge in [-0.2, -0.15) is 19.0 Å². The van der Waals surface area contributed by atoms with Crippen LogP contribution in [0, 0.1) is 40.5 Å². The fourth-order valence-electron chi connectivity index (χ4n) is 7.51. The van der Waals surface area contributed by atoms with Crippen LogP contribution in [0.5, 0.6) is 17.2 Å². The fourth-order valence-corrected chi connectivity index (χ4v) is 7.51. The van der Waals surface area contributed by atoms with E-state index in [2.05, 4.69) is 23.2 Å². The Hall–Kier alpha value is -3.88. The molecule has 1 N–H and O–H groups in total. The molecule has 0 radical (unpaired) electrons. The molecule has 0 unspecified atom stereocenters. The number of methoxy groups -OCH3 is 1. The lowest BCUT2D eigenvalue weighted by Crippen LogP contribution is -2.42. The molecule has 3 aromatic rings. The van der Waals surface area contributed by atoms with Gasteiger partial charge in [-0.1, -0.05) is 13.0 Å². The van der Waals surface area contributed by atoms with Crippen LogP contribution < -0.4 is 9.47 Å². The summed E-state index contributed by atoms with van der Waals surface area (Å²) in [7, 11) is 1.43. The SMILES string of the molecule is COc1ccc(C=NN=C2CC[C@@H]3[C@@H]4CCc5cc(O)ccc5[C@@H]4CC[C@]23C)cc1COc1c(F)c(F)cc(F)c1F. The predicted octanol–water partition coefficient (Wildman–Crippen LogP) is 7.87. The van der Waals surface area contributed by atoms with Gasteiger partial charge in [0.1, 0.15) is 18.1 Å². The third kappa shape index (κ3) is 4.92. The van der Waals surface area contributed by atoms with Crippen molar-refractivity contribution in [1.82, 2.24) is 0 Å². The van der Waals surface area contributed by atoms with E-state index >= 15 is 0 Å². The lowest BCUT2D eigenvalue weighted by molar-refractivity contribution is 0.0955. The number of fused-ring (bicyclic) bond motifs is 5. The molecule has 0 amide bonds. The maximum absolute atomic E-state index is 14.1. The largest absolute Gasteiger partial charge is 0.508 e. The summed E-state index contributed by atoms with van der Waals surface area (Å²) in [5.41, 5.74) is 4.83. The van der Waals surface area contributed by atoms with Gasteiger partial charge in [0, 0.05) is 22.8 Å². The van der Waals surface area contributed by atoms with Crippen LogP contribution >= 0.6 is 0 Å². The molecular formula is C33H32F4N2O3. The molecule has 5 nitrogen and oxygen atoms in total. The summed E-state index contributed by atoms with van der Waals surface area (Å²) in [6.45, 7) is 1.93. The molecule has 42 heavy (non-hydrogen) atoms. The van der Waals surface area contributed by atoms with E-state index in [0.717, 1.165) is 44.2 Å². The van der Waals surface area contributed by atoms with E-state index < -0.39 is 29.0 Å². The summed E-state index contributed by atoms with van der Waals surface area (Å²) in [6, 6.07) is 11.0. The van der Waals surface area contributed by atoms with E-state index in [-0.39, 0.29) is 18.1 Å². The number of aryl methyl sites for hydroxylation is 1. The topological polar surface area (TPSA) is 63.4 Å². The number of phenolic OH excluding ortho intramolecular Hbond substituents is 1. The van der Waals surface area contributed by atoms with Gasteiger partial charge in [-0.05, 0) is 103 Å². The first-order valence-corrected chi connectivity index (χ1v) is 14.2. The number of rotatable bonds is 6. The third-order valence-electron chi connectivity index (χ3n) is 9.58. The van der Waals surface area contributed by atoms with Crippen LogP contribution in [-0.4, -0.2) is 24.1 Å². The number of hydrogen-bond donors (Lipinski definition) is 1. The molecule has 0 bridgehead atoms. The molecule has 3 aromatic carbocycles. The molecule has 6 rings (SSSR count). The van der Waals surface area contributed by atoms with Crippen LogP contribution in [0.3, 0.4) is 0 Å². The van der Waals surface area contributed by atoms with Crippen molar-refractivity contribution in [2.75, 3.05) is 7.11 Å². The molecule has 3 aliphatic carbocycles. The maximum atomic E-state index is 14.1. The summed E-state index contributed by atoms with van der Waals surface area (Å²) >= 11 is 0. The van der Waals surface area contributed by atoms with Crippen LogP contribution in [0.15, 0.2) is 52.7 Å². The van der Waals surface area contributed by atoms with Crippen molar-refractivity contribution in [1.29, 1.82) is 0 Å². The van der Waals surface area contributed by atoms with E-state index in [1.54, 1.807) is 30.5 Å². The number of nitrogens with zero attached hydrogens (tertiary/aromatic N) is 2. The molecule has 0 aromatic heterocycles. The summed E-state index contributed by atoms with van der Waals surface area (Å²) in [5, 5.41) is 19.0. The zero-order chi connectivity index (χ0) is 29.6. The second-order valence-electron chi connectivity index (χ2n) is 11.7. The van der Waals surface area contributed by atoms with Crippen molar-refractivity contribution in [3.05, 3.63) is 88.0 Å². The van der Waals surface area contributed by atoms with Crippen LogP contribution in [0.1, 0.15) is 67.2 Å². The van der Waals surface area contributed by atoms with Gasteiger partial charge in [0.15, 0.2) is 17.4 Å². The van der Waals surface area contributed by atoms with Crippen LogP contribution in [0.25, 0.3) is 0 Å². The zero-order valence-corrected chi connectivity index (χ0v) is 23.5. The summed E-state index contributed by atoms with van der Waals surface area (Å²) in [6.07, 6.45) is 7.79. The molecule has 9 heteroatoms. The number of aromatic hydroxyl groups is 1. The van der Waals surface area contributed by atoms with Gasteiger partial charge in [-0.25, -0.2) is 8.78 Å². The maximum Gasteiger partial charge on any atom is 0.203 e. The Morgan fingerprint density at radius 1 is 0.976 bits per heavy atom. The Morgan fingerprint density at radius 3 is 2.52 bits per heavy atom. The molecule has 2 saturated carbocycles. The average molecular weight is 581 g/mol. The molecule has 220 valence electrons. The highest BCUT2D eigenvalue weighted by Crippen LogP contribution is 2.60. The Bertz CT molecular complexity index is 1560. The van der Waals surface area contributed by atoms with Crippen molar-refractivity contribution in [3.63, 3.8) is 0 Å². The van der Waals surface area contributed by atoms with E-state index in [9.17, 15) is 22.7 Å². The first kappa shape index (κ1) is 28.2. The molecule has 0 aliphatic heterocycles. The minimum atomic E-state index is -1.60. The minimum absolute atomic E-state index is 0.0137.